The number of methoxy groups -OCH3 is 3. The largest absolute Gasteiger partial charge is 0.496 e. The highest BCUT2D eigenvalue weighted by atomic mass is 16.6. The number of fused-ring (bicyclic) bond motifs is 6. The number of anilines is 1. The van der Waals surface area contributed by atoms with Gasteiger partial charge in [-0.15, -0.1) is 0 Å². The average Bonchev–Trinajstić information content (AvgIpc) is 3.90. The summed E-state index contributed by atoms with van der Waals surface area (Å²) in [4.78, 5) is 53.2. The van der Waals surface area contributed by atoms with Crippen molar-refractivity contribution in [1.82, 2.24) is 14.8 Å². The predicted molar refractivity (Wildman–Crippen MR) is 220 cm³/mol. The van der Waals surface area contributed by atoms with E-state index in [-0.39, 0.29) is 12.0 Å². The lowest BCUT2D eigenvalue weighted by molar-refractivity contribution is -0.228. The highest BCUT2D eigenvalue weighted by Crippen LogP contribution is 2.68. The Morgan fingerprint density at radius 2 is 1.71 bits per heavy atom. The fourth-order valence-electron chi connectivity index (χ4n) is 13.5. The number of carbonyl (C=O) groups excluding carboxylic acids is 3. The van der Waals surface area contributed by atoms with Gasteiger partial charge in [0.1, 0.15) is 11.2 Å². The molecule has 2 aromatic carbocycles. The van der Waals surface area contributed by atoms with E-state index in [2.05, 4.69) is 39.1 Å². The van der Waals surface area contributed by atoms with Gasteiger partial charge in [0.15, 0.2) is 6.10 Å². The number of aromatic amines is 1. The molecule has 6 aliphatic rings. The Morgan fingerprint density at radius 3 is 2.41 bits per heavy atom. The summed E-state index contributed by atoms with van der Waals surface area (Å²) in [5.74, 6) is -1.56. The number of aliphatic hydroxyl groups is 2. The van der Waals surface area contributed by atoms with Crippen LogP contribution in [-0.2, 0) is 45.8 Å². The number of benzene rings is 2. The smallest absolute Gasteiger partial charge is 0.344 e. The minimum absolute atomic E-state index is 0.0986. The minimum atomic E-state index is -2.30. The highest BCUT2D eigenvalue weighted by Gasteiger charge is 2.80. The average molecular weight is 811 g/mol. The summed E-state index contributed by atoms with van der Waals surface area (Å²) in [6.45, 7) is 8.62. The predicted octanol–water partition coefficient (Wildman–Crippen LogP) is 3.99. The quantitative estimate of drug-likeness (QED) is 0.180. The molecule has 13 heteroatoms. The molecule has 3 N–H and O–H groups in total. The number of nitrogens with zero attached hydrogens (tertiary/aromatic N) is 3. The van der Waals surface area contributed by atoms with Crippen LogP contribution in [0.25, 0.3) is 10.9 Å². The highest BCUT2D eigenvalue weighted by molar-refractivity contribution is 5.95. The molecule has 316 valence electrons. The number of H-pyrrole nitrogens is 1. The molecule has 59 heavy (non-hydrogen) atoms. The van der Waals surface area contributed by atoms with Gasteiger partial charge in [-0.25, -0.2) is 4.79 Å². The van der Waals surface area contributed by atoms with Crippen LogP contribution < -0.4 is 9.64 Å². The number of para-hydroxylation sites is 1. The van der Waals surface area contributed by atoms with E-state index in [1.54, 1.807) is 7.11 Å². The van der Waals surface area contributed by atoms with E-state index in [1.807, 2.05) is 50.1 Å². The standard InChI is InChI=1S/C46H58N4O9/c1-8-42(54)23-28-24-45(40(52)57-6,36-30(15-19-49(25-28)26-42)29-13-10-11-14-33(29)47-36)32-21-31-34(22-35(32)56-5)48(4)38-44(31)17-20-50-18-12-16-43(9-2,37(44)50)39(59-27(3)51)46(38,55)41(53)58-7/h10-14,16,21-22,28,37-39,47,54-55H,8-9,15,17-20,23-26H2,1-7H3/t28-,37-,38?,39+,42-,43+,44+,45-,46?/m0/s1. The summed E-state index contributed by atoms with van der Waals surface area (Å²) in [7, 11) is 6.15. The van der Waals surface area contributed by atoms with Crippen molar-refractivity contribution in [2.24, 2.45) is 11.3 Å². The Kier molecular flexibility index (Phi) is 9.36. The molecule has 2 saturated heterocycles. The van der Waals surface area contributed by atoms with Crippen molar-refractivity contribution < 1.29 is 43.5 Å². The number of ether oxygens (including phenoxy) is 4. The maximum Gasteiger partial charge on any atom is 0.344 e. The third kappa shape index (κ3) is 5.20. The monoisotopic (exact) mass is 810 g/mol. The molecule has 6 heterocycles. The van der Waals surface area contributed by atoms with Gasteiger partial charge in [0.05, 0.1) is 33.0 Å². The van der Waals surface area contributed by atoms with Gasteiger partial charge < -0.3 is 39.0 Å². The zero-order chi connectivity index (χ0) is 41.9. The van der Waals surface area contributed by atoms with Crippen LogP contribution in [0.3, 0.4) is 0 Å². The van der Waals surface area contributed by atoms with Crippen LogP contribution in [0.1, 0.15) is 75.3 Å². The van der Waals surface area contributed by atoms with Crippen LogP contribution in [0.15, 0.2) is 48.6 Å². The lowest BCUT2D eigenvalue weighted by atomic mass is 9.47. The first-order valence-corrected chi connectivity index (χ1v) is 21.2. The van der Waals surface area contributed by atoms with E-state index in [0.717, 1.165) is 33.4 Å². The molecule has 5 aliphatic heterocycles. The Labute approximate surface area is 345 Å². The van der Waals surface area contributed by atoms with E-state index in [0.29, 0.717) is 82.6 Å². The van der Waals surface area contributed by atoms with E-state index in [4.69, 9.17) is 18.9 Å². The molecule has 1 saturated carbocycles. The molecule has 3 unspecified atom stereocenters. The first-order chi connectivity index (χ1) is 28.2. The Balaban J connectivity index is 1.36. The second-order valence-electron chi connectivity index (χ2n) is 18.2. The van der Waals surface area contributed by atoms with Gasteiger partial charge >= 0.3 is 17.9 Å². The van der Waals surface area contributed by atoms with Crippen molar-refractivity contribution in [2.75, 3.05) is 66.0 Å². The molecule has 2 bridgehead atoms. The zero-order valence-electron chi connectivity index (χ0n) is 35.3. The molecule has 0 radical (unpaired) electrons. The number of esters is 3. The normalized spacial score (nSPS) is 37.0. The summed E-state index contributed by atoms with van der Waals surface area (Å²) >= 11 is 0. The molecule has 0 amide bonds. The van der Waals surface area contributed by atoms with Crippen molar-refractivity contribution in [2.45, 2.75) is 99.5 Å². The molecular weight excluding hydrogens is 753 g/mol. The third-order valence-electron chi connectivity index (χ3n) is 15.6. The molecule has 1 spiro atoms. The Bertz CT molecular complexity index is 2260. The van der Waals surface area contributed by atoms with Gasteiger partial charge in [0.25, 0.3) is 0 Å². The zero-order valence-corrected chi connectivity index (χ0v) is 35.3. The second kappa shape index (κ2) is 13.8. The van der Waals surface area contributed by atoms with Crippen molar-refractivity contribution in [3.05, 3.63) is 70.9 Å². The van der Waals surface area contributed by atoms with Gasteiger partial charge in [0, 0.05) is 90.9 Å². The summed E-state index contributed by atoms with van der Waals surface area (Å²) in [6.07, 6.45) is 5.94. The molecule has 3 aromatic rings. The SMILES string of the molecule is CC[C@]1(O)C[C@@H]2CN(CCc3c([nH]c4ccccc34)[C@@](C(=O)OC)(c3cc4c(cc3OC)N(C)C3C(O)(C(=O)OC)[C@H](OC(C)=O)[C@]5(CC)C=CCN6CC[C@]43[C@@H]65)C2)C1. The Hall–Kier alpha value is -4.43. The van der Waals surface area contributed by atoms with E-state index in [9.17, 15) is 19.8 Å². The first kappa shape index (κ1) is 40.0. The lowest BCUT2D eigenvalue weighted by Crippen LogP contribution is -2.81. The Morgan fingerprint density at radius 1 is 0.949 bits per heavy atom. The number of nitrogens with one attached hydrogen (secondary N) is 1. The fourth-order valence-corrected chi connectivity index (χ4v) is 13.5. The summed E-state index contributed by atoms with van der Waals surface area (Å²) in [6, 6.07) is 11.0. The van der Waals surface area contributed by atoms with Crippen LogP contribution in [0, 0.1) is 11.3 Å². The number of hydrogen-bond acceptors (Lipinski definition) is 12. The van der Waals surface area contributed by atoms with Crippen molar-refractivity contribution in [3.8, 4) is 5.75 Å². The second-order valence-corrected chi connectivity index (χ2v) is 18.2. The maximum atomic E-state index is 15.3. The number of piperidine rings is 1. The van der Waals surface area contributed by atoms with Gasteiger partial charge in [-0.05, 0) is 74.2 Å². The topological polar surface area (TPSA) is 154 Å². The van der Waals surface area contributed by atoms with Crippen molar-refractivity contribution >= 4 is 34.5 Å². The van der Waals surface area contributed by atoms with E-state index >= 15 is 4.79 Å². The van der Waals surface area contributed by atoms with Crippen LogP contribution in [0.2, 0.25) is 0 Å². The molecule has 10 atom stereocenters. The number of carbonyl (C=O) groups is 3. The minimum Gasteiger partial charge on any atom is -0.496 e. The molecule has 9 rings (SSSR count). The first-order valence-electron chi connectivity index (χ1n) is 21.2. The van der Waals surface area contributed by atoms with Gasteiger partial charge in [-0.1, -0.05) is 44.2 Å². The fraction of sp³-hybridized carbons (Fsp3) is 0.587. The molecule has 13 nitrogen and oxygen atoms in total. The number of likely N-dealkylation sites (N-methyl/N-ethyl adjacent to an activating group) is 1. The van der Waals surface area contributed by atoms with E-state index < -0.39 is 57.5 Å². The summed E-state index contributed by atoms with van der Waals surface area (Å²) < 4.78 is 23.9. The van der Waals surface area contributed by atoms with Crippen LogP contribution in [0.5, 0.6) is 5.75 Å². The number of hydrogen-bond donors (Lipinski definition) is 3. The molecule has 1 aliphatic carbocycles. The third-order valence-corrected chi connectivity index (χ3v) is 15.6. The molecular formula is C46H58N4O9. The number of rotatable bonds is 7. The summed E-state index contributed by atoms with van der Waals surface area (Å²) in [5, 5.41) is 26.3. The van der Waals surface area contributed by atoms with Crippen LogP contribution in [0.4, 0.5) is 5.69 Å². The van der Waals surface area contributed by atoms with Crippen molar-refractivity contribution in [3.63, 3.8) is 0 Å². The van der Waals surface area contributed by atoms with Gasteiger partial charge in [-0.3, -0.25) is 19.4 Å². The van der Waals surface area contributed by atoms with Crippen LogP contribution >= 0.6 is 0 Å². The van der Waals surface area contributed by atoms with Crippen LogP contribution in [-0.4, -0.2) is 133 Å². The van der Waals surface area contributed by atoms with Gasteiger partial charge in [-0.2, -0.15) is 0 Å². The maximum absolute atomic E-state index is 15.3. The van der Waals surface area contributed by atoms with E-state index in [1.165, 1.54) is 21.1 Å². The molecule has 1 aromatic heterocycles. The number of aromatic nitrogens is 1. The molecule has 3 fully saturated rings. The van der Waals surface area contributed by atoms with Gasteiger partial charge in [0.2, 0.25) is 5.60 Å². The summed E-state index contributed by atoms with van der Waals surface area (Å²) in [5.41, 5.74) is -1.62. The van der Waals surface area contributed by atoms with Crippen molar-refractivity contribution in [1.29, 1.82) is 0 Å². The lowest BCUT2D eigenvalue weighted by Gasteiger charge is -2.63.